The van der Waals surface area contributed by atoms with Gasteiger partial charge in [0, 0.05) is 26.8 Å². The second kappa shape index (κ2) is 9.00. The molecule has 0 aliphatic heterocycles. The zero-order valence-corrected chi connectivity index (χ0v) is 14.1. The number of nitrogens with zero attached hydrogens (tertiary/aromatic N) is 2. The van der Waals surface area contributed by atoms with Crippen molar-refractivity contribution in [2.45, 2.75) is 50.3 Å². The molecule has 1 aromatic rings. The first-order valence-corrected chi connectivity index (χ1v) is 9.05. The Bertz CT molecular complexity index is 498. The van der Waals surface area contributed by atoms with E-state index in [4.69, 9.17) is 0 Å². The Labute approximate surface area is 128 Å². The van der Waals surface area contributed by atoms with Gasteiger partial charge in [-0.1, -0.05) is 39.0 Å². The molecule has 0 radical (unpaired) electrons. The van der Waals surface area contributed by atoms with Crippen molar-refractivity contribution >= 4 is 15.8 Å². The van der Waals surface area contributed by atoms with Crippen molar-refractivity contribution in [1.82, 2.24) is 9.29 Å². The van der Waals surface area contributed by atoms with Crippen LogP contribution in [-0.4, -0.2) is 38.3 Å². The number of hydrogen-bond donors (Lipinski definition) is 1. The van der Waals surface area contributed by atoms with Gasteiger partial charge in [0.15, 0.2) is 0 Å². The van der Waals surface area contributed by atoms with Gasteiger partial charge < -0.3 is 5.32 Å². The molecule has 0 saturated carbocycles. The lowest BCUT2D eigenvalue weighted by molar-refractivity contribution is 0.520. The number of rotatable bonds is 10. The smallest absolute Gasteiger partial charge is 0.244 e. The van der Waals surface area contributed by atoms with Crippen molar-refractivity contribution in [3.63, 3.8) is 0 Å². The van der Waals surface area contributed by atoms with E-state index >= 15 is 0 Å². The number of sulfonamides is 1. The highest BCUT2D eigenvalue weighted by molar-refractivity contribution is 7.89. The molecule has 0 aromatic carbocycles. The van der Waals surface area contributed by atoms with Crippen LogP contribution in [-0.2, 0) is 10.0 Å². The number of unbranched alkanes of at least 4 members (excludes halogenated alkanes) is 5. The van der Waals surface area contributed by atoms with Crippen LogP contribution in [0.15, 0.2) is 23.2 Å². The molecule has 0 fully saturated rings. The lowest BCUT2D eigenvalue weighted by Gasteiger charge is -2.11. The fourth-order valence-electron chi connectivity index (χ4n) is 1.97. The number of hydrogen-bond acceptors (Lipinski definition) is 4. The van der Waals surface area contributed by atoms with Crippen LogP contribution in [0.3, 0.4) is 0 Å². The molecule has 0 aliphatic carbocycles. The zero-order valence-electron chi connectivity index (χ0n) is 13.3. The van der Waals surface area contributed by atoms with Gasteiger partial charge in [-0.05, 0) is 18.6 Å². The SMILES string of the molecule is CCCCCCCCNc1ccc(S(=O)(=O)N(C)C)cn1. The molecule has 120 valence electrons. The van der Waals surface area contributed by atoms with Crippen LogP contribution < -0.4 is 5.32 Å². The third-order valence-electron chi connectivity index (χ3n) is 3.35. The number of nitrogens with one attached hydrogen (secondary N) is 1. The van der Waals surface area contributed by atoms with Crippen LogP contribution in [0.4, 0.5) is 5.82 Å². The van der Waals surface area contributed by atoms with Gasteiger partial charge in [0.25, 0.3) is 0 Å². The Hall–Kier alpha value is -1.14. The van der Waals surface area contributed by atoms with Gasteiger partial charge in [-0.3, -0.25) is 0 Å². The summed E-state index contributed by atoms with van der Waals surface area (Å²) in [6.45, 7) is 3.09. The first kappa shape index (κ1) is 17.9. The van der Waals surface area contributed by atoms with Crippen molar-refractivity contribution in [3.05, 3.63) is 18.3 Å². The molecule has 1 heterocycles. The Morgan fingerprint density at radius 3 is 2.33 bits per heavy atom. The minimum atomic E-state index is -3.39. The third-order valence-corrected chi connectivity index (χ3v) is 5.15. The van der Waals surface area contributed by atoms with Crippen molar-refractivity contribution in [1.29, 1.82) is 0 Å². The molecule has 1 rings (SSSR count). The topological polar surface area (TPSA) is 62.3 Å². The first-order valence-electron chi connectivity index (χ1n) is 7.61. The van der Waals surface area contributed by atoms with E-state index in [2.05, 4.69) is 17.2 Å². The van der Waals surface area contributed by atoms with Gasteiger partial charge >= 0.3 is 0 Å². The average molecular weight is 313 g/mol. The minimum absolute atomic E-state index is 0.220. The molecule has 0 spiro atoms. The van der Waals surface area contributed by atoms with E-state index < -0.39 is 10.0 Å². The second-order valence-corrected chi connectivity index (χ2v) is 7.51. The van der Waals surface area contributed by atoms with Crippen LogP contribution in [0.1, 0.15) is 45.4 Å². The summed E-state index contributed by atoms with van der Waals surface area (Å²) in [5.41, 5.74) is 0. The Balaban J connectivity index is 2.35. The summed E-state index contributed by atoms with van der Waals surface area (Å²) in [6.07, 6.45) is 8.91. The van der Waals surface area contributed by atoms with E-state index in [1.54, 1.807) is 12.1 Å². The molecule has 0 atom stereocenters. The first-order chi connectivity index (χ1) is 9.98. The van der Waals surface area contributed by atoms with Crippen LogP contribution in [0.2, 0.25) is 0 Å². The predicted octanol–water partition coefficient (Wildman–Crippen LogP) is 3.10. The monoisotopic (exact) mass is 313 g/mol. The van der Waals surface area contributed by atoms with Gasteiger partial charge in [-0.25, -0.2) is 17.7 Å². The molecule has 0 aliphatic rings. The molecule has 6 heteroatoms. The maximum atomic E-state index is 11.9. The largest absolute Gasteiger partial charge is 0.370 e. The molecule has 0 saturated heterocycles. The normalized spacial score (nSPS) is 11.8. The van der Waals surface area contributed by atoms with Gasteiger partial charge in [0.05, 0.1) is 0 Å². The summed E-state index contributed by atoms with van der Waals surface area (Å²) in [5.74, 6) is 0.723. The fourth-order valence-corrected chi connectivity index (χ4v) is 2.82. The van der Waals surface area contributed by atoms with E-state index in [9.17, 15) is 8.42 Å². The van der Waals surface area contributed by atoms with E-state index in [-0.39, 0.29) is 4.90 Å². The highest BCUT2D eigenvalue weighted by Crippen LogP contribution is 2.14. The van der Waals surface area contributed by atoms with E-state index in [0.717, 1.165) is 18.8 Å². The van der Waals surface area contributed by atoms with E-state index in [0.29, 0.717) is 0 Å². The lowest BCUT2D eigenvalue weighted by atomic mass is 10.1. The van der Waals surface area contributed by atoms with Crippen molar-refractivity contribution < 1.29 is 8.42 Å². The van der Waals surface area contributed by atoms with Crippen LogP contribution >= 0.6 is 0 Å². The summed E-state index contributed by atoms with van der Waals surface area (Å²) >= 11 is 0. The standard InChI is InChI=1S/C15H27N3O2S/c1-4-5-6-7-8-9-12-16-15-11-10-14(13-17-15)21(19,20)18(2)3/h10-11,13H,4-9,12H2,1-3H3,(H,16,17). The lowest BCUT2D eigenvalue weighted by Crippen LogP contribution is -2.22. The van der Waals surface area contributed by atoms with Gasteiger partial charge in [-0.2, -0.15) is 0 Å². The molecule has 21 heavy (non-hydrogen) atoms. The average Bonchev–Trinajstić information content (AvgIpc) is 2.46. The van der Waals surface area contributed by atoms with Crippen LogP contribution in [0.5, 0.6) is 0 Å². The van der Waals surface area contributed by atoms with Gasteiger partial charge in [0.1, 0.15) is 10.7 Å². The third kappa shape index (κ3) is 6.01. The molecule has 5 nitrogen and oxygen atoms in total. The van der Waals surface area contributed by atoms with E-state index in [1.807, 2.05) is 0 Å². The second-order valence-electron chi connectivity index (χ2n) is 5.36. The molecule has 1 aromatic heterocycles. The predicted molar refractivity (Wildman–Crippen MR) is 87.0 cm³/mol. The van der Waals surface area contributed by atoms with Crippen molar-refractivity contribution in [2.24, 2.45) is 0 Å². The zero-order chi connectivity index (χ0) is 15.7. The Kier molecular flexibility index (Phi) is 7.67. The van der Waals surface area contributed by atoms with Gasteiger partial charge in [-0.15, -0.1) is 0 Å². The molecular formula is C15H27N3O2S. The number of pyridine rings is 1. The summed E-state index contributed by atoms with van der Waals surface area (Å²) in [6, 6.07) is 3.30. The highest BCUT2D eigenvalue weighted by atomic mass is 32.2. The van der Waals surface area contributed by atoms with Crippen molar-refractivity contribution in [3.8, 4) is 0 Å². The Morgan fingerprint density at radius 1 is 1.10 bits per heavy atom. The summed E-state index contributed by atoms with van der Waals surface area (Å²) in [7, 11) is -0.361. The van der Waals surface area contributed by atoms with Gasteiger partial charge in [0.2, 0.25) is 10.0 Å². The molecule has 1 N–H and O–H groups in total. The Morgan fingerprint density at radius 2 is 1.76 bits per heavy atom. The molecule has 0 unspecified atom stereocenters. The fraction of sp³-hybridized carbons (Fsp3) is 0.667. The van der Waals surface area contributed by atoms with Crippen LogP contribution in [0, 0.1) is 0 Å². The minimum Gasteiger partial charge on any atom is -0.370 e. The number of aromatic nitrogens is 1. The summed E-state index contributed by atoms with van der Waals surface area (Å²) in [5, 5.41) is 3.22. The molecule has 0 amide bonds. The molecule has 0 bridgehead atoms. The maximum absolute atomic E-state index is 11.9. The summed E-state index contributed by atoms with van der Waals surface area (Å²) < 4.78 is 25.0. The summed E-state index contributed by atoms with van der Waals surface area (Å²) in [4.78, 5) is 4.38. The molecular weight excluding hydrogens is 286 g/mol. The quantitative estimate of drug-likeness (QED) is 0.674. The highest BCUT2D eigenvalue weighted by Gasteiger charge is 2.17. The van der Waals surface area contributed by atoms with Crippen molar-refractivity contribution in [2.75, 3.05) is 26.0 Å². The van der Waals surface area contributed by atoms with E-state index in [1.165, 1.54) is 56.7 Å². The number of anilines is 1. The van der Waals surface area contributed by atoms with Crippen LogP contribution in [0.25, 0.3) is 0 Å². The maximum Gasteiger partial charge on any atom is 0.244 e.